The Morgan fingerprint density at radius 1 is 0.400 bits per heavy atom. The van der Waals surface area contributed by atoms with Gasteiger partial charge in [-0.15, -0.1) is 0 Å². The predicted molar refractivity (Wildman–Crippen MR) is 8.54 cm³/mol. The van der Waals surface area contributed by atoms with Crippen LogP contribution < -0.4 is 0 Å². The van der Waals surface area contributed by atoms with E-state index in [0.29, 0.717) is 0 Å². The Morgan fingerprint density at radius 3 is 0.400 bits per heavy atom. The monoisotopic (exact) mass is 326 g/mol. The average Bonchev–Trinajstić information content (AvgIpc) is 0. The first-order chi connectivity index (χ1) is 0. The first-order valence-electron chi connectivity index (χ1n) is 0. The Morgan fingerprint density at radius 2 is 0.400 bits per heavy atom. The molecule has 0 N–H and O–H groups in total. The summed E-state index contributed by atoms with van der Waals surface area (Å²) in [5.74, 6) is 0. The van der Waals surface area contributed by atoms with E-state index in [4.69, 9.17) is 0 Å². The zero-order valence-electron chi connectivity index (χ0n) is 2.50. The summed E-state index contributed by atoms with van der Waals surface area (Å²) in [4.78, 5) is 0. The standard InChI is InChI=1S/Sn.4V.2H. The average molecular weight is 325 g/mol. The Balaban J connectivity index is 0. The van der Waals surface area contributed by atoms with Gasteiger partial charge in [0.2, 0.25) is 0 Å². The van der Waals surface area contributed by atoms with Crippen molar-refractivity contribution in [2.75, 3.05) is 0 Å². The van der Waals surface area contributed by atoms with Gasteiger partial charge in [-0.25, -0.2) is 0 Å². The van der Waals surface area contributed by atoms with Crippen molar-refractivity contribution in [2.45, 2.75) is 0 Å². The third-order valence-corrected chi connectivity index (χ3v) is 0. The predicted octanol–water partition coefficient (Wildman–Crippen LogP) is -0.926. The molecule has 0 spiro atoms. The minimum atomic E-state index is 0. The van der Waals surface area contributed by atoms with Gasteiger partial charge in [-0.1, -0.05) is 0 Å². The van der Waals surface area contributed by atoms with Crippen LogP contribution in [0.4, 0.5) is 0 Å². The minimum Gasteiger partial charge on any atom is 0 e. The smallest absolute Gasteiger partial charge is 0 e. The number of hydrogen-bond acceptors (Lipinski definition) is 0. The van der Waals surface area contributed by atoms with Gasteiger partial charge in [-0.2, -0.15) is 0 Å². The quantitative estimate of drug-likeness (QED) is 0.505. The van der Waals surface area contributed by atoms with Crippen molar-refractivity contribution in [3.63, 3.8) is 0 Å². The van der Waals surface area contributed by atoms with Gasteiger partial charge in [-0.3, -0.25) is 0 Å². The molecule has 0 saturated heterocycles. The van der Waals surface area contributed by atoms with Crippen molar-refractivity contribution in [3.05, 3.63) is 0 Å². The summed E-state index contributed by atoms with van der Waals surface area (Å²) >= 11 is 0. The molecule has 5 heteroatoms. The maximum absolute atomic E-state index is 0. The molecule has 0 aromatic rings. The SMILES string of the molecule is [SnH2].[V].[V].[V].[V]. The van der Waals surface area contributed by atoms with Crippen molar-refractivity contribution in [1.82, 2.24) is 0 Å². The molecule has 0 aliphatic carbocycles. The van der Waals surface area contributed by atoms with E-state index in [0.717, 1.165) is 0 Å². The fraction of sp³-hybridized carbons (Fsp3) is 0. The molecule has 0 unspecified atom stereocenters. The molecule has 0 aromatic carbocycles. The van der Waals surface area contributed by atoms with E-state index in [9.17, 15) is 0 Å². The normalized spacial score (nSPS) is 0. The summed E-state index contributed by atoms with van der Waals surface area (Å²) in [5.41, 5.74) is 0. The van der Waals surface area contributed by atoms with Gasteiger partial charge in [0.25, 0.3) is 0 Å². The minimum absolute atomic E-state index is 0. The van der Waals surface area contributed by atoms with Crippen molar-refractivity contribution in [3.8, 4) is 0 Å². The van der Waals surface area contributed by atoms with Gasteiger partial charge in [-0.05, 0) is 0 Å². The van der Waals surface area contributed by atoms with Gasteiger partial charge < -0.3 is 0 Å². The molecule has 0 bridgehead atoms. The first-order valence-corrected chi connectivity index (χ1v) is 0. The van der Waals surface area contributed by atoms with Gasteiger partial charge in [0.1, 0.15) is 0 Å². The molecular formula is H2SnV4. The molecule has 6 radical (unpaired) electrons. The van der Waals surface area contributed by atoms with Crippen LogP contribution in [0.1, 0.15) is 0 Å². The third-order valence-electron chi connectivity index (χ3n) is 0. The van der Waals surface area contributed by atoms with Crippen LogP contribution in [-0.4, -0.2) is 23.9 Å². The molecule has 0 amide bonds. The van der Waals surface area contributed by atoms with Crippen LogP contribution in [-0.2, 0) is 74.2 Å². The zero-order valence-corrected chi connectivity index (χ0v) is 12.1. The van der Waals surface area contributed by atoms with Crippen LogP contribution in [0.15, 0.2) is 0 Å². The van der Waals surface area contributed by atoms with Gasteiger partial charge >= 0.3 is 23.9 Å². The van der Waals surface area contributed by atoms with E-state index < -0.39 is 0 Å². The van der Waals surface area contributed by atoms with Crippen molar-refractivity contribution < 1.29 is 74.2 Å². The third kappa shape index (κ3) is 19.1. The topological polar surface area (TPSA) is 0 Å². The zero-order chi connectivity index (χ0) is 0. The Kier molecular flexibility index (Phi) is 230. The summed E-state index contributed by atoms with van der Waals surface area (Å²) in [6.07, 6.45) is 0. The molecule has 0 fully saturated rings. The second kappa shape index (κ2) is 27.3. The van der Waals surface area contributed by atoms with E-state index in [1.54, 1.807) is 0 Å². The maximum Gasteiger partial charge on any atom is 0 e. The first kappa shape index (κ1) is 42.1. The van der Waals surface area contributed by atoms with E-state index in [1.165, 1.54) is 0 Å². The second-order valence-electron chi connectivity index (χ2n) is 0. The molecule has 0 aliphatic rings. The Bertz CT molecular complexity index is 3.61. The summed E-state index contributed by atoms with van der Waals surface area (Å²) < 4.78 is 0. The van der Waals surface area contributed by atoms with Crippen LogP contribution in [0.2, 0.25) is 0 Å². The van der Waals surface area contributed by atoms with Crippen LogP contribution >= 0.6 is 0 Å². The Labute approximate surface area is 96.5 Å². The van der Waals surface area contributed by atoms with E-state index in [1.807, 2.05) is 0 Å². The van der Waals surface area contributed by atoms with Gasteiger partial charge in [0, 0.05) is 74.2 Å². The van der Waals surface area contributed by atoms with Crippen LogP contribution in [0.3, 0.4) is 0 Å². The van der Waals surface area contributed by atoms with E-state index in [-0.39, 0.29) is 98.1 Å². The summed E-state index contributed by atoms with van der Waals surface area (Å²) in [5, 5.41) is 0. The summed E-state index contributed by atoms with van der Waals surface area (Å²) in [7, 11) is 0. The van der Waals surface area contributed by atoms with Crippen LogP contribution in [0.25, 0.3) is 0 Å². The fourth-order valence-corrected chi connectivity index (χ4v) is 0. The number of hydrogen-bond donors (Lipinski definition) is 0. The second-order valence-corrected chi connectivity index (χ2v) is 0. The van der Waals surface area contributed by atoms with E-state index >= 15 is 0 Å². The van der Waals surface area contributed by atoms with Crippen molar-refractivity contribution in [1.29, 1.82) is 0 Å². The molecule has 0 nitrogen and oxygen atoms in total. The molecule has 0 saturated carbocycles. The molecule has 0 rings (SSSR count). The van der Waals surface area contributed by atoms with Crippen LogP contribution in [0, 0.1) is 0 Å². The largest absolute Gasteiger partial charge is 0 e. The number of rotatable bonds is 0. The Hall–Kier alpha value is 3.14. The van der Waals surface area contributed by atoms with Gasteiger partial charge in [0.05, 0.1) is 0 Å². The molecule has 0 atom stereocenters. The molecule has 0 heterocycles. The maximum atomic E-state index is 0. The molecule has 5 heavy (non-hydrogen) atoms. The molecular weight excluding hydrogens is 322 g/mol. The van der Waals surface area contributed by atoms with Crippen LogP contribution in [0.5, 0.6) is 0 Å². The van der Waals surface area contributed by atoms with E-state index in [2.05, 4.69) is 0 Å². The van der Waals surface area contributed by atoms with Gasteiger partial charge in [0.15, 0.2) is 0 Å². The summed E-state index contributed by atoms with van der Waals surface area (Å²) in [6, 6.07) is 0. The van der Waals surface area contributed by atoms with Crippen molar-refractivity contribution >= 4 is 23.9 Å². The molecule has 26 valence electrons. The molecule has 0 aromatic heterocycles. The fourth-order valence-electron chi connectivity index (χ4n) is 0. The molecule has 0 aliphatic heterocycles. The van der Waals surface area contributed by atoms with Crippen molar-refractivity contribution in [2.24, 2.45) is 0 Å². The summed E-state index contributed by atoms with van der Waals surface area (Å²) in [6.45, 7) is 0.